The van der Waals surface area contributed by atoms with Crippen LogP contribution >= 0.6 is 0 Å². The predicted octanol–water partition coefficient (Wildman–Crippen LogP) is 16.6. The molecule has 13 rings (SSSR count). The second-order valence-corrected chi connectivity index (χ2v) is 21.5. The third-order valence-corrected chi connectivity index (χ3v) is 16.4. The molecule has 2 aliphatic rings. The van der Waals surface area contributed by atoms with Gasteiger partial charge in [-0.3, -0.25) is 0 Å². The van der Waals surface area contributed by atoms with Crippen LogP contribution in [0, 0.1) is 108 Å². The summed E-state index contributed by atoms with van der Waals surface area (Å²) in [5.74, 6) is 2.40. The molecule has 12 nitrogen and oxygen atoms in total. The second-order valence-electron chi connectivity index (χ2n) is 21.5. The van der Waals surface area contributed by atoms with Gasteiger partial charge in [0.15, 0.2) is 11.6 Å². The van der Waals surface area contributed by atoms with Gasteiger partial charge in [0.1, 0.15) is 12.2 Å². The van der Waals surface area contributed by atoms with E-state index < -0.39 is 0 Å². The van der Waals surface area contributed by atoms with Crippen LogP contribution in [0.1, 0.15) is 75.0 Å². The summed E-state index contributed by atoms with van der Waals surface area (Å²) in [4.78, 5) is 17.9. The first-order valence-electron chi connectivity index (χ1n) is 28.0. The number of fused-ring (bicyclic) bond motifs is 2. The summed E-state index contributed by atoms with van der Waals surface area (Å²) in [6.45, 7) is 31.6. The molecule has 0 aliphatic carbocycles. The van der Waals surface area contributed by atoms with E-state index >= 15 is 0 Å². The van der Waals surface area contributed by atoms with Crippen molar-refractivity contribution < 1.29 is 39.9 Å². The maximum absolute atomic E-state index is 4.70. The molecule has 0 N–H and O–H groups in total. The average molecular weight is 1490 g/mol. The molecule has 4 aromatic heterocycles. The molecule has 6 heterocycles. The van der Waals surface area contributed by atoms with E-state index in [9.17, 15) is 0 Å². The van der Waals surface area contributed by atoms with Gasteiger partial charge >= 0.3 is 0 Å². The Bertz CT molecular complexity index is 4110. The molecule has 0 saturated heterocycles. The molecule has 0 saturated carbocycles. The maximum Gasteiger partial charge on any atom is 0.161 e. The average Bonchev–Trinajstić information content (AvgIpc) is 2.54. The number of anilines is 6. The summed E-state index contributed by atoms with van der Waals surface area (Å²) >= 11 is 0. The maximum atomic E-state index is 4.70. The predicted molar refractivity (Wildman–Crippen MR) is 347 cm³/mol. The van der Waals surface area contributed by atoms with Crippen molar-refractivity contribution in [3.63, 3.8) is 0 Å². The monoisotopic (exact) mass is 1490 g/mol. The molecule has 0 bridgehead atoms. The van der Waals surface area contributed by atoms with Crippen LogP contribution in [-0.2, 0) is 39.9 Å². The minimum absolute atomic E-state index is 0. The van der Waals surface area contributed by atoms with Gasteiger partial charge in [0, 0.05) is 96.5 Å². The van der Waals surface area contributed by atoms with Gasteiger partial charge in [0.25, 0.3) is 0 Å². The van der Waals surface area contributed by atoms with Crippen LogP contribution in [0.5, 0.6) is 0 Å². The summed E-state index contributed by atoms with van der Waals surface area (Å²) in [7, 11) is 4.14. The zero-order valence-corrected chi connectivity index (χ0v) is 55.4. The Hall–Kier alpha value is -8.39. The second kappa shape index (κ2) is 26.5. The minimum Gasteiger partial charge on any atom is -0.504 e. The topological polar surface area (TPSA) is 84.2 Å². The first-order valence-corrected chi connectivity index (χ1v) is 28.0. The molecule has 0 spiro atoms. The van der Waals surface area contributed by atoms with E-state index in [1.54, 1.807) is 6.33 Å². The fourth-order valence-electron chi connectivity index (χ4n) is 11.3. The van der Waals surface area contributed by atoms with E-state index in [0.29, 0.717) is 0 Å². The molecule has 86 heavy (non-hydrogen) atoms. The van der Waals surface area contributed by atoms with E-state index in [1.165, 1.54) is 73.3 Å². The summed E-state index contributed by atoms with van der Waals surface area (Å²) in [5.41, 5.74) is 26.7. The number of hydrogen-bond donors (Lipinski definition) is 0. The Kier molecular flexibility index (Phi) is 19.6. The third kappa shape index (κ3) is 12.0. The van der Waals surface area contributed by atoms with Gasteiger partial charge < -0.3 is 28.7 Å². The molecule has 0 amide bonds. The summed E-state index contributed by atoms with van der Waals surface area (Å²) in [5, 5.41) is 9.16. The Labute approximate surface area is 535 Å². The summed E-state index contributed by atoms with van der Waals surface area (Å²) in [6.07, 6.45) is 3.45. The van der Waals surface area contributed by atoms with Gasteiger partial charge in [-0.05, 0) is 165 Å². The number of benzene rings is 7. The first-order chi connectivity index (χ1) is 40.0. The van der Waals surface area contributed by atoms with Crippen LogP contribution in [0.3, 0.4) is 0 Å². The molecule has 0 fully saturated rings. The number of rotatable bonds is 9. The fourth-order valence-corrected chi connectivity index (χ4v) is 11.3. The van der Waals surface area contributed by atoms with Crippen LogP contribution in [-0.4, -0.2) is 52.8 Å². The molecule has 0 unspecified atom stereocenters. The van der Waals surface area contributed by atoms with Crippen molar-refractivity contribution in [1.82, 2.24) is 38.7 Å². The normalized spacial score (nSPS) is 12.1. The minimum atomic E-state index is 0. The smallest absolute Gasteiger partial charge is 0.161 e. The molecule has 1 radical (unpaired) electrons. The third-order valence-electron chi connectivity index (χ3n) is 16.4. The quantitative estimate of drug-likeness (QED) is 0.132. The largest absolute Gasteiger partial charge is 0.504 e. The van der Waals surface area contributed by atoms with E-state index in [0.717, 1.165) is 73.9 Å². The van der Waals surface area contributed by atoms with E-state index in [-0.39, 0.29) is 47.3 Å². The van der Waals surface area contributed by atoms with Crippen LogP contribution < -0.4 is 19.6 Å². The number of hydrogen-bond acceptors (Lipinski definition) is 8. The Morgan fingerprint density at radius 2 is 0.953 bits per heavy atom. The van der Waals surface area contributed by atoms with Crippen LogP contribution in [0.2, 0.25) is 0 Å². The Morgan fingerprint density at radius 1 is 0.488 bits per heavy atom. The molecule has 14 heteroatoms. The van der Waals surface area contributed by atoms with E-state index in [1.807, 2.05) is 52.7 Å². The van der Waals surface area contributed by atoms with Crippen molar-refractivity contribution in [2.45, 2.75) is 83.6 Å². The zero-order chi connectivity index (χ0) is 58.4. The molecular formula is C72H73IrN12Os-5. The van der Waals surface area contributed by atoms with Gasteiger partial charge in [-0.15, -0.1) is 53.8 Å². The van der Waals surface area contributed by atoms with Crippen LogP contribution in [0.25, 0.3) is 51.6 Å². The van der Waals surface area contributed by atoms with Crippen molar-refractivity contribution in [3.05, 3.63) is 258 Å². The number of para-hydroxylation sites is 4. The SMILES string of the molecule is C.C=Cc1ccc(-c2ncnn2-c2[c-]ccc(-n3c(C)c(C)c(C)c3C)c2)c(C)c1.CN1[CH-]N(c2[c-]c(N3[CH-]N(C)c4ccccc43)ccc2)c2ccccc21.Cc1nc(-c2ccccc2C)n(-c2[c-]ccc(-n3c(C)c(C)c(C)c3C)c2)n1.[Ir].[Os]. The van der Waals surface area contributed by atoms with Gasteiger partial charge in [-0.1, -0.05) is 98.2 Å². The standard InChI is InChI=1S/C25H25N4.C24H25N4.C22H19N4.CH4.Ir.Os/c1-7-21-11-12-24(16(2)13-21)25-26-15-27-29(25)23-10-8-9-22(14-23)28-19(5)17(3)18(4)20(28)6;1-15-10-7-8-13-23(15)24-25-20(6)26-28(24)22-12-9-11-21(14-22)27-18(4)16(2)17(3)19(27)5;1-23-15-25(21-12-5-3-10-19(21)23)17-8-7-9-18(14-17)26-16-24(2)20-11-4-6-13-22(20)26;;;/h7-9,11-15H,1H2,2-6H3;7-11,13-14H,1-6H3;3-13,15-16H,1-2H3;1H4;;/q2*-1;-3;;;. The van der Waals surface area contributed by atoms with Crippen molar-refractivity contribution in [3.8, 4) is 45.5 Å². The molecule has 2 aliphatic heterocycles. The van der Waals surface area contributed by atoms with Crippen molar-refractivity contribution >= 4 is 40.2 Å². The van der Waals surface area contributed by atoms with Crippen molar-refractivity contribution in [2.75, 3.05) is 33.7 Å². The summed E-state index contributed by atoms with van der Waals surface area (Å²) in [6, 6.07) is 60.2. The molecule has 11 aromatic rings. The van der Waals surface area contributed by atoms with E-state index in [4.69, 9.17) is 4.98 Å². The van der Waals surface area contributed by atoms with Gasteiger partial charge in [-0.25, -0.2) is 19.3 Å². The van der Waals surface area contributed by atoms with Gasteiger partial charge in [-0.2, -0.15) is 53.9 Å². The molecule has 443 valence electrons. The molecular weight excluding hydrogens is 1420 g/mol. The number of aromatic nitrogens is 8. The van der Waals surface area contributed by atoms with Crippen molar-refractivity contribution in [1.29, 1.82) is 0 Å². The first kappa shape index (κ1) is 63.6. The van der Waals surface area contributed by atoms with Crippen molar-refractivity contribution in [2.24, 2.45) is 0 Å². The molecule has 0 atom stereocenters. The number of aryl methyl sites for hydroxylation is 3. The Balaban J connectivity index is 0.000000165. The number of nitrogens with zero attached hydrogens (tertiary/aromatic N) is 12. The fraction of sp³-hybridized carbons (Fsp3) is 0.194. The van der Waals surface area contributed by atoms with Crippen LogP contribution in [0.15, 0.2) is 158 Å². The Morgan fingerprint density at radius 3 is 1.44 bits per heavy atom. The van der Waals surface area contributed by atoms with Crippen LogP contribution in [0.4, 0.5) is 34.1 Å². The molecule has 7 aromatic carbocycles. The van der Waals surface area contributed by atoms with Gasteiger partial charge in [0.2, 0.25) is 0 Å². The van der Waals surface area contributed by atoms with E-state index in [2.05, 4.69) is 281 Å². The van der Waals surface area contributed by atoms with Gasteiger partial charge in [0.05, 0.1) is 0 Å². The summed E-state index contributed by atoms with van der Waals surface area (Å²) < 4.78 is 8.35. The zero-order valence-electron chi connectivity index (χ0n) is 50.4.